The van der Waals surface area contributed by atoms with Gasteiger partial charge in [-0.15, -0.1) is 13.2 Å². The average molecular weight is 352 g/mol. The topological polar surface area (TPSA) is 106 Å². The van der Waals surface area contributed by atoms with Gasteiger partial charge in [0.15, 0.2) is 0 Å². The molecule has 0 bridgehead atoms. The molecule has 0 aliphatic rings. The Morgan fingerprint density at radius 3 is 2.00 bits per heavy atom. The van der Waals surface area contributed by atoms with Gasteiger partial charge in [0.05, 0.1) is 12.4 Å². The highest BCUT2D eigenvalue weighted by atomic mass is 16.4. The Morgan fingerprint density at radius 1 is 0.808 bits per heavy atom. The molecule has 26 heavy (non-hydrogen) atoms. The Balaban J connectivity index is 2.76. The molecule has 2 aromatic rings. The summed E-state index contributed by atoms with van der Waals surface area (Å²) in [6.07, 6.45) is 6.57. The number of phenolic OH excluding ortho intramolecular Hbond substituents is 2. The van der Waals surface area contributed by atoms with E-state index in [2.05, 4.69) is 23.5 Å². The van der Waals surface area contributed by atoms with E-state index < -0.39 is 0 Å². The summed E-state index contributed by atoms with van der Waals surface area (Å²) in [4.78, 5) is 0. The fourth-order valence-corrected chi connectivity index (χ4v) is 2.73. The fourth-order valence-electron chi connectivity index (χ4n) is 2.73. The zero-order valence-corrected chi connectivity index (χ0v) is 14.1. The van der Waals surface area contributed by atoms with Crippen LogP contribution in [0.3, 0.4) is 0 Å². The summed E-state index contributed by atoms with van der Waals surface area (Å²) in [7, 11) is 0. The second-order valence-corrected chi connectivity index (χ2v) is 5.63. The molecular formula is C20H20N2O4. The molecule has 0 saturated heterocycles. The van der Waals surface area contributed by atoms with Crippen molar-refractivity contribution in [2.24, 2.45) is 10.3 Å². The van der Waals surface area contributed by atoms with Crippen molar-refractivity contribution < 1.29 is 20.6 Å². The molecule has 4 N–H and O–H groups in total. The van der Waals surface area contributed by atoms with Crippen LogP contribution in [0, 0.1) is 0 Å². The van der Waals surface area contributed by atoms with Gasteiger partial charge in [-0.05, 0) is 53.8 Å². The van der Waals surface area contributed by atoms with Crippen LogP contribution in [0.2, 0.25) is 0 Å². The normalized spacial score (nSPS) is 11.2. The Morgan fingerprint density at radius 2 is 1.42 bits per heavy atom. The maximum atomic E-state index is 10.6. The first-order valence-electron chi connectivity index (χ1n) is 7.84. The smallest absolute Gasteiger partial charge is 0.132 e. The molecule has 0 aliphatic heterocycles. The first kappa shape index (κ1) is 18.8. The zero-order valence-electron chi connectivity index (χ0n) is 14.1. The molecule has 0 unspecified atom stereocenters. The zero-order chi connectivity index (χ0) is 19.1. The molecule has 0 fully saturated rings. The third-order valence-corrected chi connectivity index (χ3v) is 3.87. The van der Waals surface area contributed by atoms with Crippen molar-refractivity contribution in [2.45, 2.75) is 12.8 Å². The van der Waals surface area contributed by atoms with Gasteiger partial charge in [-0.1, -0.05) is 22.5 Å². The van der Waals surface area contributed by atoms with Gasteiger partial charge >= 0.3 is 0 Å². The molecule has 2 rings (SSSR count). The average Bonchev–Trinajstić information content (AvgIpc) is 2.62. The number of nitrogens with zero attached hydrogens (tertiary/aromatic N) is 2. The summed E-state index contributed by atoms with van der Waals surface area (Å²) >= 11 is 0. The molecule has 0 radical (unpaired) electrons. The summed E-state index contributed by atoms with van der Waals surface area (Å²) in [6.45, 7) is 7.38. The lowest BCUT2D eigenvalue weighted by Gasteiger charge is -2.14. The van der Waals surface area contributed by atoms with E-state index in [1.54, 1.807) is 36.4 Å². The highest BCUT2D eigenvalue weighted by molar-refractivity contribution is 5.91. The molecule has 134 valence electrons. The van der Waals surface area contributed by atoms with E-state index >= 15 is 0 Å². The minimum atomic E-state index is -0.0715. The summed E-state index contributed by atoms with van der Waals surface area (Å²) in [5, 5.41) is 44.5. The van der Waals surface area contributed by atoms with Crippen molar-refractivity contribution in [1.82, 2.24) is 0 Å². The number of hydrogen-bond acceptors (Lipinski definition) is 6. The third kappa shape index (κ3) is 3.92. The number of allylic oxidation sites excluding steroid dienone is 2. The van der Waals surface area contributed by atoms with E-state index in [4.69, 9.17) is 10.4 Å². The van der Waals surface area contributed by atoms with Crippen LogP contribution < -0.4 is 0 Å². The molecule has 6 heteroatoms. The van der Waals surface area contributed by atoms with Crippen molar-refractivity contribution >= 4 is 12.4 Å². The van der Waals surface area contributed by atoms with Crippen LogP contribution in [0.5, 0.6) is 11.5 Å². The van der Waals surface area contributed by atoms with Crippen LogP contribution in [0.4, 0.5) is 0 Å². The molecule has 0 atom stereocenters. The van der Waals surface area contributed by atoms with E-state index in [0.29, 0.717) is 40.7 Å². The van der Waals surface area contributed by atoms with Gasteiger partial charge in [0.1, 0.15) is 11.5 Å². The number of phenols is 2. The number of hydrogen-bond donors (Lipinski definition) is 4. The molecule has 6 nitrogen and oxygen atoms in total. The van der Waals surface area contributed by atoms with Crippen LogP contribution in [-0.4, -0.2) is 33.1 Å². The molecule has 0 amide bonds. The largest absolute Gasteiger partial charge is 0.507 e. The molecule has 0 aromatic heterocycles. The summed E-state index contributed by atoms with van der Waals surface area (Å²) < 4.78 is 0. The van der Waals surface area contributed by atoms with E-state index in [1.165, 1.54) is 0 Å². The van der Waals surface area contributed by atoms with Gasteiger partial charge in [0.2, 0.25) is 0 Å². The predicted octanol–water partition coefficient (Wildman–Crippen LogP) is 3.84. The van der Waals surface area contributed by atoms with Gasteiger partial charge in [-0.3, -0.25) is 0 Å². The number of rotatable bonds is 7. The van der Waals surface area contributed by atoms with Crippen molar-refractivity contribution in [3.8, 4) is 22.6 Å². The Labute approximate surface area is 151 Å². The Kier molecular flexibility index (Phi) is 6.16. The number of aromatic hydroxyl groups is 2. The monoisotopic (exact) mass is 352 g/mol. The van der Waals surface area contributed by atoms with Gasteiger partial charge in [-0.25, -0.2) is 0 Å². The van der Waals surface area contributed by atoms with Gasteiger partial charge in [0, 0.05) is 16.7 Å². The standard InChI is InChI=1S/C20H20N2O4/c1-3-5-13-7-16(11-21-25)20(24)18(8-13)15-9-14(6-4-2)19(23)17(10-15)12-22-26/h3-4,7-12,23-26H,1-2,5-6H2/b21-11-,22-12+. The molecule has 0 heterocycles. The fraction of sp³-hybridized carbons (Fsp3) is 0.100. The van der Waals surface area contributed by atoms with E-state index in [-0.39, 0.29) is 11.5 Å². The van der Waals surface area contributed by atoms with E-state index in [1.807, 2.05) is 0 Å². The number of oxime groups is 2. The van der Waals surface area contributed by atoms with Crippen LogP contribution in [0.25, 0.3) is 11.1 Å². The van der Waals surface area contributed by atoms with Crippen molar-refractivity contribution in [3.05, 3.63) is 71.8 Å². The second kappa shape index (κ2) is 8.53. The quantitative estimate of drug-likeness (QED) is 0.263. The lowest BCUT2D eigenvalue weighted by atomic mass is 9.93. The lowest BCUT2D eigenvalue weighted by Crippen LogP contribution is -1.95. The summed E-state index contributed by atoms with van der Waals surface area (Å²) in [6, 6.07) is 6.80. The highest BCUT2D eigenvalue weighted by Crippen LogP contribution is 2.37. The van der Waals surface area contributed by atoms with Crippen molar-refractivity contribution in [1.29, 1.82) is 0 Å². The maximum Gasteiger partial charge on any atom is 0.132 e. The highest BCUT2D eigenvalue weighted by Gasteiger charge is 2.15. The minimum Gasteiger partial charge on any atom is -0.507 e. The van der Waals surface area contributed by atoms with Gasteiger partial charge < -0.3 is 20.6 Å². The van der Waals surface area contributed by atoms with Crippen LogP contribution >= 0.6 is 0 Å². The Bertz CT molecular complexity index is 886. The van der Waals surface area contributed by atoms with Crippen LogP contribution in [-0.2, 0) is 12.8 Å². The molecule has 2 aromatic carbocycles. The first-order valence-corrected chi connectivity index (χ1v) is 7.84. The SMILES string of the molecule is C=CCc1cc(/C=N\O)c(O)c(-c2cc(/C=N/O)c(O)c(CC=C)c2)c1. The molecule has 0 spiro atoms. The van der Waals surface area contributed by atoms with Crippen molar-refractivity contribution in [2.75, 3.05) is 0 Å². The van der Waals surface area contributed by atoms with Gasteiger partial charge in [0.25, 0.3) is 0 Å². The minimum absolute atomic E-state index is 0.0228. The maximum absolute atomic E-state index is 10.6. The van der Waals surface area contributed by atoms with E-state index in [0.717, 1.165) is 18.0 Å². The Hall–Kier alpha value is -3.54. The second-order valence-electron chi connectivity index (χ2n) is 5.63. The van der Waals surface area contributed by atoms with E-state index in [9.17, 15) is 10.2 Å². The predicted molar refractivity (Wildman–Crippen MR) is 102 cm³/mol. The lowest BCUT2D eigenvalue weighted by molar-refractivity contribution is 0.321. The first-order chi connectivity index (χ1) is 12.5. The van der Waals surface area contributed by atoms with Crippen LogP contribution in [0.15, 0.2) is 59.9 Å². The number of benzene rings is 2. The van der Waals surface area contributed by atoms with Crippen LogP contribution in [0.1, 0.15) is 22.3 Å². The summed E-state index contributed by atoms with van der Waals surface area (Å²) in [5.74, 6) is -0.0944. The summed E-state index contributed by atoms with van der Waals surface area (Å²) in [5.41, 5.74) is 3.16. The third-order valence-electron chi connectivity index (χ3n) is 3.87. The van der Waals surface area contributed by atoms with Gasteiger partial charge in [-0.2, -0.15) is 0 Å². The van der Waals surface area contributed by atoms with Crippen molar-refractivity contribution in [3.63, 3.8) is 0 Å². The molecule has 0 aliphatic carbocycles. The molecular weight excluding hydrogens is 332 g/mol. The molecule has 0 saturated carbocycles.